The Kier molecular flexibility index (Phi) is 5.37. The van der Waals surface area contributed by atoms with E-state index in [2.05, 4.69) is 26.5 Å². The molecule has 0 spiro atoms. The third-order valence-electron chi connectivity index (χ3n) is 5.66. The summed E-state index contributed by atoms with van der Waals surface area (Å²) >= 11 is 0. The van der Waals surface area contributed by atoms with Crippen LogP contribution in [0.15, 0.2) is 142 Å². The van der Waals surface area contributed by atoms with E-state index < -0.39 is 0 Å². The quantitative estimate of drug-likeness (QED) is 0.241. The average molecular weight is 453 g/mol. The molecule has 0 atom stereocenters. The zero-order chi connectivity index (χ0) is 23.5. The summed E-state index contributed by atoms with van der Waals surface area (Å²) in [6, 6.07) is 39.4. The van der Waals surface area contributed by atoms with Crippen LogP contribution in [-0.4, -0.2) is 9.78 Å². The van der Waals surface area contributed by atoms with E-state index in [-0.39, 0.29) is 0 Å². The zero-order valence-corrected chi connectivity index (χ0v) is 18.7. The van der Waals surface area contributed by atoms with Crippen LogP contribution in [0.2, 0.25) is 0 Å². The number of hydrogen-bond donors (Lipinski definition) is 0. The van der Waals surface area contributed by atoms with E-state index in [9.17, 15) is 0 Å². The van der Waals surface area contributed by atoms with E-state index in [1.165, 1.54) is 0 Å². The summed E-state index contributed by atoms with van der Waals surface area (Å²) in [5.74, 6) is 0. The van der Waals surface area contributed by atoms with Crippen molar-refractivity contribution in [3.8, 4) is 16.9 Å². The Balaban J connectivity index is 1.61. The second kappa shape index (κ2) is 9.11. The molecule has 0 saturated carbocycles. The van der Waals surface area contributed by atoms with E-state index in [1.54, 1.807) is 0 Å². The molecule has 6 heteroatoms. The number of rotatable bonds is 5. The van der Waals surface area contributed by atoms with Crippen LogP contribution in [0.1, 0.15) is 0 Å². The smallest absolute Gasteiger partial charge is 0.114 e. The molecule has 0 radical (unpaired) electrons. The number of azo groups is 2. The molecule has 2 aliphatic rings. The molecule has 0 unspecified atom stereocenters. The summed E-state index contributed by atoms with van der Waals surface area (Å²) in [5, 5.41) is 24.2. The average Bonchev–Trinajstić information content (AvgIpc) is 3.31. The summed E-state index contributed by atoms with van der Waals surface area (Å²) < 4.78 is 1.92. The van der Waals surface area contributed by atoms with Gasteiger partial charge in [0.05, 0.1) is 28.3 Å². The molecule has 0 fully saturated rings. The molecule has 0 aromatic heterocycles. The summed E-state index contributed by atoms with van der Waals surface area (Å²) in [7, 11) is 0. The fourth-order valence-corrected chi connectivity index (χ4v) is 4.05. The van der Waals surface area contributed by atoms with Crippen LogP contribution in [0.4, 0.5) is 22.7 Å². The SMILES string of the molecule is c1ccc(N=Nc2cc(N=Nc3ccccc3)c3n(-c4ccccc4)nc4ccccc4c2-3)cc1. The van der Waals surface area contributed by atoms with Gasteiger partial charge >= 0.3 is 0 Å². The van der Waals surface area contributed by atoms with Crippen molar-refractivity contribution in [3.05, 3.63) is 121 Å². The molecule has 0 saturated heterocycles. The third kappa shape index (κ3) is 4.09. The molecule has 1 heterocycles. The Morgan fingerprint density at radius 3 is 1.71 bits per heavy atom. The first-order valence-electron chi connectivity index (χ1n) is 11.3. The molecule has 4 aromatic rings. The van der Waals surface area contributed by atoms with Gasteiger partial charge in [-0.1, -0.05) is 72.8 Å². The Morgan fingerprint density at radius 1 is 0.514 bits per heavy atom. The van der Waals surface area contributed by atoms with E-state index >= 15 is 0 Å². The first kappa shape index (κ1) is 20.6. The second-order valence-corrected chi connectivity index (χ2v) is 7.97. The number of fused-ring (bicyclic) bond motifs is 3. The first-order valence-corrected chi connectivity index (χ1v) is 11.3. The van der Waals surface area contributed by atoms with Gasteiger partial charge in [0.15, 0.2) is 0 Å². The van der Waals surface area contributed by atoms with Gasteiger partial charge in [0.1, 0.15) is 11.4 Å². The van der Waals surface area contributed by atoms with E-state index in [0.29, 0.717) is 11.4 Å². The molecule has 0 N–H and O–H groups in total. The Hall–Kier alpha value is -4.97. The molecular formula is C29H20N6. The van der Waals surface area contributed by atoms with Crippen LogP contribution in [-0.2, 0) is 0 Å². The molecule has 6 nitrogen and oxygen atoms in total. The van der Waals surface area contributed by atoms with Gasteiger partial charge in [-0.05, 0) is 48.5 Å². The van der Waals surface area contributed by atoms with Crippen molar-refractivity contribution in [2.24, 2.45) is 20.5 Å². The lowest BCUT2D eigenvalue weighted by Crippen LogP contribution is -2.05. The van der Waals surface area contributed by atoms with Crippen LogP contribution in [0, 0.1) is 0 Å². The van der Waals surface area contributed by atoms with Gasteiger partial charge in [-0.2, -0.15) is 15.3 Å². The van der Waals surface area contributed by atoms with Gasteiger partial charge < -0.3 is 0 Å². The number of para-hydroxylation sites is 1. The van der Waals surface area contributed by atoms with Crippen molar-refractivity contribution in [2.45, 2.75) is 0 Å². The lowest BCUT2D eigenvalue weighted by molar-refractivity contribution is 0.879. The highest BCUT2D eigenvalue weighted by Crippen LogP contribution is 2.48. The minimum Gasteiger partial charge on any atom is -0.230 e. The van der Waals surface area contributed by atoms with Crippen LogP contribution in [0.5, 0.6) is 0 Å². The molecule has 1 aliphatic carbocycles. The van der Waals surface area contributed by atoms with E-state index in [4.69, 9.17) is 5.10 Å². The molecule has 166 valence electrons. The molecule has 0 bridgehead atoms. The van der Waals surface area contributed by atoms with Gasteiger partial charge in [-0.15, -0.1) is 10.2 Å². The third-order valence-corrected chi connectivity index (χ3v) is 5.66. The molecule has 4 aromatic carbocycles. The van der Waals surface area contributed by atoms with Crippen LogP contribution < -0.4 is 0 Å². The number of aromatic nitrogens is 2. The Bertz CT molecular complexity index is 1620. The predicted octanol–water partition coefficient (Wildman–Crippen LogP) is 8.96. The Labute approximate surface area is 202 Å². The zero-order valence-electron chi connectivity index (χ0n) is 18.7. The molecule has 35 heavy (non-hydrogen) atoms. The second-order valence-electron chi connectivity index (χ2n) is 7.97. The topological polar surface area (TPSA) is 67.3 Å². The standard InChI is InChI=1S/C29H20N6/c1-4-12-21(13-5-1)30-32-26-20-27(33-31-22-14-6-2-7-15-22)29-28(26)24-18-10-11-19-25(24)34-35(29)23-16-8-3-9-17-23/h1-20H. The van der Waals surface area contributed by atoms with Crippen molar-refractivity contribution in [1.29, 1.82) is 0 Å². The van der Waals surface area contributed by atoms with Crippen LogP contribution in [0.3, 0.4) is 0 Å². The molecular weight excluding hydrogens is 432 g/mol. The van der Waals surface area contributed by atoms with Gasteiger partial charge in [0.2, 0.25) is 0 Å². The summed E-state index contributed by atoms with van der Waals surface area (Å²) in [6.45, 7) is 0. The Morgan fingerprint density at radius 2 is 1.06 bits per heavy atom. The summed E-state index contributed by atoms with van der Waals surface area (Å²) in [4.78, 5) is 0. The normalized spacial score (nSPS) is 11.8. The maximum Gasteiger partial charge on any atom is 0.114 e. The molecule has 6 rings (SSSR count). The summed E-state index contributed by atoms with van der Waals surface area (Å²) in [5.41, 5.74) is 6.49. The number of benzene rings is 4. The molecule has 0 amide bonds. The maximum atomic E-state index is 4.96. The number of nitrogens with zero attached hydrogens (tertiary/aromatic N) is 6. The minimum atomic E-state index is 0.674. The van der Waals surface area contributed by atoms with Crippen molar-refractivity contribution in [1.82, 2.24) is 9.78 Å². The largest absolute Gasteiger partial charge is 0.230 e. The lowest BCUT2D eigenvalue weighted by atomic mass is 10.1. The molecule has 1 aliphatic heterocycles. The highest BCUT2D eigenvalue weighted by atomic mass is 15.3. The monoisotopic (exact) mass is 452 g/mol. The number of hydrogen-bond acceptors (Lipinski definition) is 5. The van der Waals surface area contributed by atoms with Gasteiger partial charge in [-0.25, -0.2) is 4.68 Å². The van der Waals surface area contributed by atoms with Crippen molar-refractivity contribution >= 4 is 33.7 Å². The lowest BCUT2D eigenvalue weighted by Gasteiger charge is -2.15. The van der Waals surface area contributed by atoms with Gasteiger partial charge in [-0.3, -0.25) is 0 Å². The maximum absolute atomic E-state index is 4.96. The van der Waals surface area contributed by atoms with Crippen molar-refractivity contribution < 1.29 is 0 Å². The predicted molar refractivity (Wildman–Crippen MR) is 139 cm³/mol. The van der Waals surface area contributed by atoms with Crippen molar-refractivity contribution in [2.75, 3.05) is 0 Å². The highest BCUT2D eigenvalue weighted by molar-refractivity contribution is 6.04. The van der Waals surface area contributed by atoms with Crippen molar-refractivity contribution in [3.63, 3.8) is 0 Å². The summed E-state index contributed by atoms with van der Waals surface area (Å²) in [6.07, 6.45) is 0. The van der Waals surface area contributed by atoms with Crippen LogP contribution >= 0.6 is 0 Å². The fourth-order valence-electron chi connectivity index (χ4n) is 4.05. The van der Waals surface area contributed by atoms with Gasteiger partial charge in [0, 0.05) is 10.9 Å². The van der Waals surface area contributed by atoms with Crippen LogP contribution in [0.25, 0.3) is 27.8 Å². The minimum absolute atomic E-state index is 0.674. The van der Waals surface area contributed by atoms with E-state index in [1.807, 2.05) is 120 Å². The first-order chi connectivity index (χ1) is 17.4. The highest BCUT2D eigenvalue weighted by Gasteiger charge is 2.24. The van der Waals surface area contributed by atoms with E-state index in [0.717, 1.165) is 39.2 Å². The van der Waals surface area contributed by atoms with Gasteiger partial charge in [0.25, 0.3) is 0 Å². The fraction of sp³-hybridized carbons (Fsp3) is 0.